The van der Waals surface area contributed by atoms with Crippen LogP contribution in [0.1, 0.15) is 26.3 Å². The Balaban J connectivity index is 2.08. The number of nitrogens with one attached hydrogen (secondary N) is 1. The van der Waals surface area contributed by atoms with Crippen LogP contribution in [0.25, 0.3) is 0 Å². The average molecular weight is 649 g/mol. The Morgan fingerprint density at radius 3 is 2.25 bits per heavy atom. The van der Waals surface area contributed by atoms with Crippen LogP contribution in [0.2, 0.25) is 0 Å². The Labute approximate surface area is 249 Å². The summed E-state index contributed by atoms with van der Waals surface area (Å²) in [5.41, 5.74) is 1.03. The van der Waals surface area contributed by atoms with Crippen LogP contribution in [0.5, 0.6) is 5.75 Å². The molecular formula is C29H34BrN3O5S2. The summed E-state index contributed by atoms with van der Waals surface area (Å²) in [7, 11) is -4.19. The summed E-state index contributed by atoms with van der Waals surface area (Å²) in [5, 5.41) is 2.76. The molecule has 8 nitrogen and oxygen atoms in total. The van der Waals surface area contributed by atoms with Crippen molar-refractivity contribution in [1.29, 1.82) is 0 Å². The lowest BCUT2D eigenvalue weighted by molar-refractivity contribution is -0.139. The van der Waals surface area contributed by atoms with E-state index in [2.05, 4.69) is 21.2 Å². The van der Waals surface area contributed by atoms with Gasteiger partial charge in [-0.25, -0.2) is 8.42 Å². The molecule has 0 fully saturated rings. The van der Waals surface area contributed by atoms with E-state index in [1.807, 2.05) is 30.5 Å². The van der Waals surface area contributed by atoms with Gasteiger partial charge in [0.05, 0.1) is 17.2 Å². The third-order valence-electron chi connectivity index (χ3n) is 6.14. The zero-order valence-electron chi connectivity index (χ0n) is 23.0. The van der Waals surface area contributed by atoms with E-state index < -0.39 is 28.5 Å². The standard InChI is InChI=1S/C29H34BrN3O5S2/c1-5-31-29(35)21(3)32(19-22-11-13-23(30)14-12-22)28(34)20-33(26-9-7-8-10-27(26)38-6-2)40(36,37)25-17-15-24(39-4)16-18-25/h7-18,21H,5-6,19-20H2,1-4H3,(H,31,35)/t21-/m1/s1. The number of benzene rings is 3. The lowest BCUT2D eigenvalue weighted by Crippen LogP contribution is -2.51. The van der Waals surface area contributed by atoms with Crippen molar-refractivity contribution >= 4 is 55.2 Å². The van der Waals surface area contributed by atoms with Gasteiger partial charge in [-0.3, -0.25) is 13.9 Å². The Morgan fingerprint density at radius 1 is 1.00 bits per heavy atom. The number of rotatable bonds is 13. The van der Waals surface area contributed by atoms with Gasteiger partial charge in [-0.1, -0.05) is 40.2 Å². The number of amides is 2. The third-order valence-corrected chi connectivity index (χ3v) is 9.19. The first-order chi connectivity index (χ1) is 19.1. The number of carbonyl (C=O) groups is 2. The van der Waals surface area contributed by atoms with Crippen LogP contribution in [0.3, 0.4) is 0 Å². The molecule has 2 amide bonds. The number of hydrogen-bond donors (Lipinski definition) is 1. The molecule has 3 aromatic rings. The Bertz CT molecular complexity index is 1400. The fourth-order valence-electron chi connectivity index (χ4n) is 4.02. The first-order valence-corrected chi connectivity index (χ1v) is 16.3. The van der Waals surface area contributed by atoms with Gasteiger partial charge in [-0.15, -0.1) is 11.8 Å². The number of thioether (sulfide) groups is 1. The summed E-state index contributed by atoms with van der Waals surface area (Å²) in [6.07, 6.45) is 1.91. The predicted molar refractivity (Wildman–Crippen MR) is 163 cm³/mol. The van der Waals surface area contributed by atoms with E-state index >= 15 is 0 Å². The second-order valence-electron chi connectivity index (χ2n) is 8.81. The number of hydrogen-bond acceptors (Lipinski definition) is 6. The highest BCUT2D eigenvalue weighted by Crippen LogP contribution is 2.33. The molecule has 0 spiro atoms. The monoisotopic (exact) mass is 647 g/mol. The maximum atomic E-state index is 14.1. The Morgan fingerprint density at radius 2 is 1.65 bits per heavy atom. The number of carbonyl (C=O) groups excluding carboxylic acids is 2. The van der Waals surface area contributed by atoms with Crippen molar-refractivity contribution in [3.8, 4) is 5.75 Å². The largest absolute Gasteiger partial charge is 0.492 e. The molecule has 0 aliphatic rings. The van der Waals surface area contributed by atoms with Crippen molar-refractivity contribution < 1.29 is 22.7 Å². The van der Waals surface area contributed by atoms with E-state index in [-0.39, 0.29) is 23.0 Å². The number of para-hydroxylation sites is 2. The molecule has 0 bridgehead atoms. The van der Waals surface area contributed by atoms with Gasteiger partial charge >= 0.3 is 0 Å². The topological polar surface area (TPSA) is 96.0 Å². The molecule has 40 heavy (non-hydrogen) atoms. The van der Waals surface area contributed by atoms with Crippen LogP contribution in [0.4, 0.5) is 5.69 Å². The maximum Gasteiger partial charge on any atom is 0.264 e. The zero-order chi connectivity index (χ0) is 29.3. The molecule has 1 N–H and O–H groups in total. The number of anilines is 1. The highest BCUT2D eigenvalue weighted by atomic mass is 79.9. The molecule has 0 aliphatic carbocycles. The van der Waals surface area contributed by atoms with Gasteiger partial charge < -0.3 is 15.0 Å². The number of sulfonamides is 1. The van der Waals surface area contributed by atoms with Gasteiger partial charge in [0.2, 0.25) is 11.8 Å². The van der Waals surface area contributed by atoms with Crippen LogP contribution in [0.15, 0.2) is 87.1 Å². The van der Waals surface area contributed by atoms with Gasteiger partial charge in [-0.2, -0.15) is 0 Å². The van der Waals surface area contributed by atoms with Crippen LogP contribution < -0.4 is 14.4 Å². The first kappa shape index (κ1) is 31.5. The van der Waals surface area contributed by atoms with Gasteiger partial charge in [0.1, 0.15) is 18.3 Å². The third kappa shape index (κ3) is 7.80. The molecule has 214 valence electrons. The number of halogens is 1. The SMILES string of the molecule is CCNC(=O)[C@@H](C)N(Cc1ccc(Br)cc1)C(=O)CN(c1ccccc1OCC)S(=O)(=O)c1ccc(SC)cc1. The van der Waals surface area contributed by atoms with Crippen molar-refractivity contribution in [1.82, 2.24) is 10.2 Å². The van der Waals surface area contributed by atoms with E-state index in [0.29, 0.717) is 18.9 Å². The molecule has 0 aromatic heterocycles. The maximum absolute atomic E-state index is 14.1. The predicted octanol–water partition coefficient (Wildman–Crippen LogP) is 5.32. The minimum atomic E-state index is -4.19. The molecule has 0 heterocycles. The minimum Gasteiger partial charge on any atom is -0.492 e. The Hall–Kier alpha value is -3.02. The van der Waals surface area contributed by atoms with Crippen LogP contribution in [0, 0.1) is 0 Å². The summed E-state index contributed by atoms with van der Waals surface area (Å²) < 4.78 is 35.8. The summed E-state index contributed by atoms with van der Waals surface area (Å²) in [6, 6.07) is 19.8. The van der Waals surface area contributed by atoms with Gasteiger partial charge in [0.25, 0.3) is 10.0 Å². The summed E-state index contributed by atoms with van der Waals surface area (Å²) in [5.74, 6) is -0.527. The normalized spacial score (nSPS) is 11.9. The molecule has 0 unspecified atom stereocenters. The molecule has 3 rings (SSSR count). The molecule has 0 radical (unpaired) electrons. The molecule has 0 aliphatic heterocycles. The lowest BCUT2D eigenvalue weighted by atomic mass is 10.1. The van der Waals surface area contributed by atoms with Crippen LogP contribution in [-0.4, -0.2) is 57.1 Å². The average Bonchev–Trinajstić information content (AvgIpc) is 2.95. The minimum absolute atomic E-state index is 0.0423. The van der Waals surface area contributed by atoms with E-state index in [9.17, 15) is 18.0 Å². The molecule has 11 heteroatoms. The first-order valence-electron chi connectivity index (χ1n) is 12.8. The molecule has 3 aromatic carbocycles. The lowest BCUT2D eigenvalue weighted by Gasteiger charge is -2.32. The Kier molecular flexibility index (Phi) is 11.5. The van der Waals surface area contributed by atoms with Gasteiger partial charge in [0.15, 0.2) is 0 Å². The highest BCUT2D eigenvalue weighted by Gasteiger charge is 2.33. The molecule has 1 atom stereocenters. The van der Waals surface area contributed by atoms with Crippen molar-refractivity contribution in [2.75, 3.05) is 30.3 Å². The summed E-state index contributed by atoms with van der Waals surface area (Å²) in [6.45, 7) is 5.53. The van der Waals surface area contributed by atoms with Crippen molar-refractivity contribution in [3.63, 3.8) is 0 Å². The summed E-state index contributed by atoms with van der Waals surface area (Å²) >= 11 is 4.91. The number of likely N-dealkylation sites (N-methyl/N-ethyl adjacent to an activating group) is 1. The molecular weight excluding hydrogens is 614 g/mol. The fourth-order valence-corrected chi connectivity index (χ4v) is 6.12. The molecule has 0 saturated carbocycles. The van der Waals surface area contributed by atoms with Crippen LogP contribution >= 0.6 is 27.7 Å². The van der Waals surface area contributed by atoms with E-state index in [4.69, 9.17) is 4.74 Å². The van der Waals surface area contributed by atoms with Crippen molar-refractivity contribution in [2.24, 2.45) is 0 Å². The second kappa shape index (κ2) is 14.6. The van der Waals surface area contributed by atoms with E-state index in [0.717, 1.165) is 19.2 Å². The number of ether oxygens (including phenoxy) is 1. The quantitative estimate of drug-likeness (QED) is 0.252. The van der Waals surface area contributed by atoms with Gasteiger partial charge in [0, 0.05) is 22.5 Å². The molecule has 0 saturated heterocycles. The zero-order valence-corrected chi connectivity index (χ0v) is 26.2. The highest BCUT2D eigenvalue weighted by molar-refractivity contribution is 9.10. The number of nitrogens with zero attached hydrogens (tertiary/aromatic N) is 2. The van der Waals surface area contributed by atoms with E-state index in [1.54, 1.807) is 57.2 Å². The van der Waals surface area contributed by atoms with Crippen molar-refractivity contribution in [3.05, 3.63) is 82.8 Å². The summed E-state index contributed by atoms with van der Waals surface area (Å²) in [4.78, 5) is 29.2. The van der Waals surface area contributed by atoms with E-state index in [1.165, 1.54) is 28.8 Å². The van der Waals surface area contributed by atoms with Crippen LogP contribution in [-0.2, 0) is 26.2 Å². The smallest absolute Gasteiger partial charge is 0.264 e. The second-order valence-corrected chi connectivity index (χ2v) is 12.5. The van der Waals surface area contributed by atoms with Gasteiger partial charge in [-0.05, 0) is 81.1 Å². The fraction of sp³-hybridized carbons (Fsp3) is 0.310. The van der Waals surface area contributed by atoms with Crippen molar-refractivity contribution in [2.45, 2.75) is 43.1 Å².